The van der Waals surface area contributed by atoms with Gasteiger partial charge in [0.05, 0.1) is 9.79 Å². The van der Waals surface area contributed by atoms with Gasteiger partial charge in [-0.25, -0.2) is 0 Å². The van der Waals surface area contributed by atoms with Gasteiger partial charge in [0.25, 0.3) is 20.2 Å². The summed E-state index contributed by atoms with van der Waals surface area (Å²) < 4.78 is 59.1. The van der Waals surface area contributed by atoms with Gasteiger partial charge in [0.2, 0.25) is 0 Å². The summed E-state index contributed by atoms with van der Waals surface area (Å²) in [7, 11) is -8.04. The molecule has 0 bridgehead atoms. The first kappa shape index (κ1) is 26.2. The smallest absolute Gasteiger partial charge is 0.294 e. The fourth-order valence-corrected chi connectivity index (χ4v) is 3.53. The molecule has 168 valence electrons. The molecule has 0 heterocycles. The van der Waals surface area contributed by atoms with E-state index in [2.05, 4.69) is 0 Å². The van der Waals surface area contributed by atoms with Crippen molar-refractivity contribution in [2.24, 2.45) is 11.5 Å². The van der Waals surface area contributed by atoms with Crippen LogP contribution in [0.1, 0.15) is 36.8 Å². The van der Waals surface area contributed by atoms with Crippen molar-refractivity contribution in [3.8, 4) is 0 Å². The van der Waals surface area contributed by atoms with E-state index in [1.165, 1.54) is 24.3 Å². The van der Waals surface area contributed by atoms with Crippen molar-refractivity contribution in [3.05, 3.63) is 59.7 Å². The van der Waals surface area contributed by atoms with Gasteiger partial charge in [0.1, 0.15) is 0 Å². The van der Waals surface area contributed by atoms with Crippen LogP contribution in [0.4, 0.5) is 0 Å². The van der Waals surface area contributed by atoms with Crippen molar-refractivity contribution >= 4 is 20.2 Å². The van der Waals surface area contributed by atoms with E-state index in [-0.39, 0.29) is 9.79 Å². The fourth-order valence-electron chi connectivity index (χ4n) is 2.57. The van der Waals surface area contributed by atoms with E-state index < -0.39 is 20.2 Å². The zero-order valence-electron chi connectivity index (χ0n) is 17.1. The highest BCUT2D eigenvalue weighted by Gasteiger charge is 2.13. The first-order valence-electron chi connectivity index (χ1n) is 9.38. The quantitative estimate of drug-likeness (QED) is 0.499. The van der Waals surface area contributed by atoms with Gasteiger partial charge < -0.3 is 11.5 Å². The van der Waals surface area contributed by atoms with Gasteiger partial charge in [0.15, 0.2) is 0 Å². The number of hydrogen-bond donors (Lipinski definition) is 4. The minimum absolute atomic E-state index is 0.0666. The van der Waals surface area contributed by atoms with E-state index in [0.717, 1.165) is 36.8 Å². The number of rotatable bonds is 2. The van der Waals surface area contributed by atoms with E-state index >= 15 is 0 Å². The molecule has 10 heteroatoms. The number of nitrogens with two attached hydrogens (primary N) is 2. The van der Waals surface area contributed by atoms with Crippen molar-refractivity contribution in [1.82, 2.24) is 0 Å². The SMILES string of the molecule is Cc1ccc(S(=O)(=O)O)cc1.Cc1ccc(S(=O)(=O)O)cc1.NC1CCC(N)CC1. The van der Waals surface area contributed by atoms with Gasteiger partial charge in [-0.05, 0) is 63.8 Å². The average Bonchev–Trinajstić information content (AvgIpc) is 2.64. The third-order valence-electron chi connectivity index (χ3n) is 4.45. The standard InChI is InChI=1S/2C7H8O3S.C6H14N2/c2*1-6-2-4-7(5-3-6)11(8,9)10;7-5-1-2-6(8)4-3-5/h2*2-5H,1H3,(H,8,9,10);5-6H,1-4,7-8H2. The Bertz CT molecular complexity index is 897. The summed E-state index contributed by atoms with van der Waals surface area (Å²) in [5.74, 6) is 0. The Balaban J connectivity index is 0.000000228. The van der Waals surface area contributed by atoms with Crippen LogP contribution < -0.4 is 11.5 Å². The lowest BCUT2D eigenvalue weighted by molar-refractivity contribution is 0.395. The lowest BCUT2D eigenvalue weighted by Gasteiger charge is -2.22. The van der Waals surface area contributed by atoms with E-state index in [9.17, 15) is 16.8 Å². The lowest BCUT2D eigenvalue weighted by atomic mass is 9.93. The molecule has 0 atom stereocenters. The van der Waals surface area contributed by atoms with Gasteiger partial charge >= 0.3 is 0 Å². The van der Waals surface area contributed by atoms with Crippen molar-refractivity contribution < 1.29 is 25.9 Å². The van der Waals surface area contributed by atoms with Gasteiger partial charge in [-0.1, -0.05) is 35.4 Å². The van der Waals surface area contributed by atoms with Crippen molar-refractivity contribution in [1.29, 1.82) is 0 Å². The van der Waals surface area contributed by atoms with Crippen LogP contribution in [-0.4, -0.2) is 38.0 Å². The van der Waals surface area contributed by atoms with Crippen molar-refractivity contribution in [2.75, 3.05) is 0 Å². The highest BCUT2D eigenvalue weighted by atomic mass is 32.2. The normalized spacial score (nSPS) is 19.0. The number of hydrogen-bond acceptors (Lipinski definition) is 6. The monoisotopic (exact) mass is 458 g/mol. The number of benzene rings is 2. The maximum Gasteiger partial charge on any atom is 0.294 e. The third-order valence-corrected chi connectivity index (χ3v) is 6.19. The maximum atomic E-state index is 10.5. The summed E-state index contributed by atoms with van der Waals surface area (Å²) in [6.07, 6.45) is 4.50. The molecule has 2 aromatic carbocycles. The Hall–Kier alpha value is -1.82. The van der Waals surface area contributed by atoms with Crippen LogP contribution in [0.25, 0.3) is 0 Å². The predicted octanol–water partition coefficient (Wildman–Crippen LogP) is 2.70. The average molecular weight is 459 g/mol. The molecule has 1 aliphatic carbocycles. The molecule has 1 saturated carbocycles. The first-order chi connectivity index (χ1) is 13.8. The van der Waals surface area contributed by atoms with Crippen LogP contribution in [0.15, 0.2) is 58.3 Å². The molecule has 30 heavy (non-hydrogen) atoms. The second-order valence-electron chi connectivity index (χ2n) is 7.25. The molecule has 0 unspecified atom stereocenters. The molecule has 0 radical (unpaired) electrons. The second-order valence-corrected chi connectivity index (χ2v) is 10.1. The Morgan fingerprint density at radius 2 is 0.867 bits per heavy atom. The van der Waals surface area contributed by atoms with Crippen molar-refractivity contribution in [2.45, 2.75) is 61.4 Å². The van der Waals surface area contributed by atoms with E-state index in [1.54, 1.807) is 24.3 Å². The molecule has 8 nitrogen and oxygen atoms in total. The maximum absolute atomic E-state index is 10.5. The Morgan fingerprint density at radius 3 is 1.07 bits per heavy atom. The van der Waals surface area contributed by atoms with Gasteiger partial charge in [0, 0.05) is 12.1 Å². The molecule has 3 rings (SSSR count). The summed E-state index contributed by atoms with van der Waals surface area (Å²) in [6.45, 7) is 3.68. The zero-order chi connectivity index (χ0) is 22.9. The van der Waals surface area contributed by atoms with E-state index in [0.29, 0.717) is 12.1 Å². The lowest BCUT2D eigenvalue weighted by Crippen LogP contribution is -2.33. The summed E-state index contributed by atoms with van der Waals surface area (Å²) >= 11 is 0. The zero-order valence-corrected chi connectivity index (χ0v) is 18.7. The van der Waals surface area contributed by atoms with Gasteiger partial charge in [-0.2, -0.15) is 16.8 Å². The molecule has 0 aromatic heterocycles. The molecule has 1 aliphatic rings. The largest absolute Gasteiger partial charge is 0.328 e. The second kappa shape index (κ2) is 11.5. The van der Waals surface area contributed by atoms with Crippen LogP contribution in [0.2, 0.25) is 0 Å². The van der Waals surface area contributed by atoms with Crippen LogP contribution in [-0.2, 0) is 20.2 Å². The van der Waals surface area contributed by atoms with Crippen LogP contribution in [0.5, 0.6) is 0 Å². The fraction of sp³-hybridized carbons (Fsp3) is 0.400. The summed E-state index contributed by atoms with van der Waals surface area (Å²) in [6, 6.07) is 12.9. The van der Waals surface area contributed by atoms with Gasteiger partial charge in [-0.3, -0.25) is 9.11 Å². The Labute approximate surface area is 178 Å². The highest BCUT2D eigenvalue weighted by molar-refractivity contribution is 7.86. The minimum atomic E-state index is -4.02. The molecule has 6 N–H and O–H groups in total. The number of aryl methyl sites for hydroxylation is 2. The third kappa shape index (κ3) is 10.3. The molecule has 1 fully saturated rings. The topological polar surface area (TPSA) is 161 Å². The van der Waals surface area contributed by atoms with Gasteiger partial charge in [-0.15, -0.1) is 0 Å². The Morgan fingerprint density at radius 1 is 0.633 bits per heavy atom. The molecule has 2 aromatic rings. The predicted molar refractivity (Wildman–Crippen MR) is 116 cm³/mol. The van der Waals surface area contributed by atoms with Crippen LogP contribution in [0, 0.1) is 13.8 Å². The van der Waals surface area contributed by atoms with Crippen molar-refractivity contribution in [3.63, 3.8) is 0 Å². The summed E-state index contributed by atoms with van der Waals surface area (Å²) in [5, 5.41) is 0. The van der Waals surface area contributed by atoms with Crippen LogP contribution >= 0.6 is 0 Å². The van der Waals surface area contributed by atoms with Crippen LogP contribution in [0.3, 0.4) is 0 Å². The molecule has 0 amide bonds. The molecular formula is C20H30N2O6S2. The highest BCUT2D eigenvalue weighted by Crippen LogP contribution is 2.14. The minimum Gasteiger partial charge on any atom is -0.328 e. The summed E-state index contributed by atoms with van der Waals surface area (Å²) in [4.78, 5) is -0.133. The van der Waals surface area contributed by atoms with E-state index in [4.69, 9.17) is 20.6 Å². The molecule has 0 saturated heterocycles. The Kier molecular flexibility index (Phi) is 10.1. The van der Waals surface area contributed by atoms with E-state index in [1.807, 2.05) is 13.8 Å². The first-order valence-corrected chi connectivity index (χ1v) is 12.3. The molecule has 0 spiro atoms. The summed E-state index contributed by atoms with van der Waals surface area (Å²) in [5.41, 5.74) is 13.2. The molecular weight excluding hydrogens is 428 g/mol. The molecule has 0 aliphatic heterocycles.